The highest BCUT2D eigenvalue weighted by molar-refractivity contribution is 7.06. The minimum atomic E-state index is -0.236. The van der Waals surface area contributed by atoms with E-state index < -0.39 is 0 Å². The predicted molar refractivity (Wildman–Crippen MR) is 137 cm³/mol. The Morgan fingerprint density at radius 1 is 1.03 bits per heavy atom. The first-order valence-corrected chi connectivity index (χ1v) is 12.9. The SMILES string of the molecule is COC(=O)N1CCC(c2snc(OC(C)C)c2CCC(c2ccccc2)c2ccccc2)CC1. The number of nitrogens with zero attached hydrogens (tertiary/aromatic N) is 2. The lowest BCUT2D eigenvalue weighted by Gasteiger charge is -2.31. The quantitative estimate of drug-likeness (QED) is 0.364. The van der Waals surface area contributed by atoms with Crippen LogP contribution < -0.4 is 4.74 Å². The van der Waals surface area contributed by atoms with Gasteiger partial charge >= 0.3 is 6.09 Å². The van der Waals surface area contributed by atoms with Crippen molar-refractivity contribution >= 4 is 17.6 Å². The van der Waals surface area contributed by atoms with Crippen molar-refractivity contribution in [3.05, 3.63) is 82.2 Å². The number of rotatable bonds is 8. The van der Waals surface area contributed by atoms with E-state index in [0.29, 0.717) is 24.9 Å². The highest BCUT2D eigenvalue weighted by atomic mass is 32.1. The van der Waals surface area contributed by atoms with Gasteiger partial charge in [-0.05, 0) is 68.1 Å². The summed E-state index contributed by atoms with van der Waals surface area (Å²) >= 11 is 1.57. The van der Waals surface area contributed by atoms with E-state index in [1.54, 1.807) is 16.4 Å². The summed E-state index contributed by atoms with van der Waals surface area (Å²) in [6, 6.07) is 21.5. The van der Waals surface area contributed by atoms with Crippen LogP contribution in [-0.4, -0.2) is 41.7 Å². The largest absolute Gasteiger partial charge is 0.474 e. The summed E-state index contributed by atoms with van der Waals surface area (Å²) in [6.45, 7) is 5.53. The van der Waals surface area contributed by atoms with Gasteiger partial charge in [0.25, 0.3) is 0 Å². The van der Waals surface area contributed by atoms with E-state index in [-0.39, 0.29) is 12.2 Å². The fourth-order valence-corrected chi connectivity index (χ4v) is 5.83. The number of hydrogen-bond acceptors (Lipinski definition) is 5. The zero-order valence-electron chi connectivity index (χ0n) is 20.3. The van der Waals surface area contributed by atoms with Crippen LogP contribution in [0.2, 0.25) is 0 Å². The Kier molecular flexibility index (Phi) is 8.22. The molecule has 1 saturated heterocycles. The molecule has 0 spiro atoms. The zero-order valence-corrected chi connectivity index (χ0v) is 21.1. The maximum absolute atomic E-state index is 11.9. The molecule has 2 aromatic carbocycles. The highest BCUT2D eigenvalue weighted by Gasteiger charge is 2.29. The van der Waals surface area contributed by atoms with E-state index in [0.717, 1.165) is 31.6 Å². The maximum atomic E-state index is 11.9. The van der Waals surface area contributed by atoms with Gasteiger partial charge in [-0.2, -0.15) is 4.37 Å². The van der Waals surface area contributed by atoms with E-state index in [1.807, 2.05) is 13.8 Å². The fraction of sp³-hybridized carbons (Fsp3) is 0.429. The number of hydrogen-bond donors (Lipinski definition) is 0. The monoisotopic (exact) mass is 478 g/mol. The van der Waals surface area contributed by atoms with Gasteiger partial charge in [-0.3, -0.25) is 0 Å². The molecule has 1 aliphatic rings. The summed E-state index contributed by atoms with van der Waals surface area (Å²) in [4.78, 5) is 15.0. The topological polar surface area (TPSA) is 51.7 Å². The Hall–Kier alpha value is -2.86. The van der Waals surface area contributed by atoms with Crippen LogP contribution in [0.15, 0.2) is 60.7 Å². The van der Waals surface area contributed by atoms with E-state index in [9.17, 15) is 4.79 Å². The molecule has 6 heteroatoms. The van der Waals surface area contributed by atoms with Crippen molar-refractivity contribution in [1.29, 1.82) is 0 Å². The third kappa shape index (κ3) is 5.79. The standard InChI is InChI=1S/C28H34N2O3S/c1-20(2)33-27-25(26(34-29-27)23-16-18-30(19-17-23)28(31)32-3)15-14-24(21-10-6-4-7-11-21)22-12-8-5-9-13-22/h4-13,20,23-24H,14-19H2,1-3H3. The molecule has 0 radical (unpaired) electrons. The summed E-state index contributed by atoms with van der Waals surface area (Å²) in [5.41, 5.74) is 3.90. The summed E-state index contributed by atoms with van der Waals surface area (Å²) < 4.78 is 15.8. The predicted octanol–water partition coefficient (Wildman–Crippen LogP) is 6.64. The van der Waals surface area contributed by atoms with Gasteiger partial charge in [0, 0.05) is 29.4 Å². The lowest BCUT2D eigenvalue weighted by molar-refractivity contribution is 0.112. The summed E-state index contributed by atoms with van der Waals surface area (Å²) in [7, 11) is 1.45. The molecular weight excluding hydrogens is 444 g/mol. The lowest BCUT2D eigenvalue weighted by Crippen LogP contribution is -2.37. The fourth-order valence-electron chi connectivity index (χ4n) is 4.81. The van der Waals surface area contributed by atoms with Crippen molar-refractivity contribution < 1.29 is 14.3 Å². The summed E-state index contributed by atoms with van der Waals surface area (Å²) in [5, 5.41) is 0. The Bertz CT molecular complexity index is 1000. The van der Waals surface area contributed by atoms with Crippen LogP contribution in [0.5, 0.6) is 5.88 Å². The lowest BCUT2D eigenvalue weighted by atomic mass is 9.85. The molecule has 0 aliphatic carbocycles. The highest BCUT2D eigenvalue weighted by Crippen LogP contribution is 2.40. The van der Waals surface area contributed by atoms with Gasteiger partial charge in [0.05, 0.1) is 13.2 Å². The summed E-state index contributed by atoms with van der Waals surface area (Å²) in [5.74, 6) is 1.48. The molecule has 34 heavy (non-hydrogen) atoms. The third-order valence-corrected chi connectivity index (χ3v) is 7.55. The number of methoxy groups -OCH3 is 1. The van der Waals surface area contributed by atoms with Crippen molar-refractivity contribution in [2.45, 2.75) is 57.5 Å². The molecule has 1 aromatic heterocycles. The molecule has 1 fully saturated rings. The Labute approximate surface area is 206 Å². The van der Waals surface area contributed by atoms with E-state index in [4.69, 9.17) is 13.8 Å². The van der Waals surface area contributed by atoms with E-state index in [2.05, 4.69) is 60.7 Å². The van der Waals surface area contributed by atoms with Gasteiger partial charge in [0.15, 0.2) is 0 Å². The van der Waals surface area contributed by atoms with Gasteiger partial charge in [-0.15, -0.1) is 0 Å². The van der Waals surface area contributed by atoms with Gasteiger partial charge in [0.2, 0.25) is 5.88 Å². The molecule has 180 valence electrons. The number of benzene rings is 2. The Morgan fingerprint density at radius 2 is 1.62 bits per heavy atom. The first-order valence-electron chi connectivity index (χ1n) is 12.1. The third-order valence-electron chi connectivity index (χ3n) is 6.52. The molecule has 0 bridgehead atoms. The van der Waals surface area contributed by atoms with Crippen LogP contribution in [0.3, 0.4) is 0 Å². The average molecular weight is 479 g/mol. The van der Waals surface area contributed by atoms with E-state index >= 15 is 0 Å². The maximum Gasteiger partial charge on any atom is 0.409 e. The van der Waals surface area contributed by atoms with Crippen LogP contribution in [0.1, 0.15) is 66.5 Å². The summed E-state index contributed by atoms with van der Waals surface area (Å²) in [6.07, 6.45) is 3.57. The molecule has 4 rings (SSSR count). The second-order valence-corrected chi connectivity index (χ2v) is 9.95. The molecule has 0 N–H and O–H groups in total. The second kappa shape index (κ2) is 11.5. The van der Waals surface area contributed by atoms with Crippen molar-refractivity contribution in [3.8, 4) is 5.88 Å². The zero-order chi connectivity index (χ0) is 23.9. The minimum Gasteiger partial charge on any atom is -0.474 e. The average Bonchev–Trinajstić information content (AvgIpc) is 3.26. The van der Waals surface area contributed by atoms with Gasteiger partial charge in [-0.1, -0.05) is 60.7 Å². The molecule has 0 atom stereocenters. The number of likely N-dealkylation sites (tertiary alicyclic amines) is 1. The Morgan fingerprint density at radius 3 is 2.15 bits per heavy atom. The number of piperidine rings is 1. The number of carbonyl (C=O) groups is 1. The van der Waals surface area contributed by atoms with E-state index in [1.165, 1.54) is 28.7 Å². The van der Waals surface area contributed by atoms with Gasteiger partial charge in [-0.25, -0.2) is 4.79 Å². The van der Waals surface area contributed by atoms with Crippen LogP contribution >= 0.6 is 11.5 Å². The second-order valence-electron chi connectivity index (χ2n) is 9.14. The molecule has 1 aliphatic heterocycles. The van der Waals surface area contributed by atoms with Gasteiger partial charge in [0.1, 0.15) is 0 Å². The van der Waals surface area contributed by atoms with Gasteiger partial charge < -0.3 is 14.4 Å². The number of ether oxygens (including phenoxy) is 2. The van der Waals surface area contributed by atoms with Crippen LogP contribution in [0, 0.1) is 0 Å². The normalized spacial score (nSPS) is 14.6. The van der Waals surface area contributed by atoms with Crippen LogP contribution in [0.25, 0.3) is 0 Å². The number of carbonyl (C=O) groups excluding carboxylic acids is 1. The molecule has 0 saturated carbocycles. The number of amides is 1. The molecule has 0 unspecified atom stereocenters. The van der Waals surface area contributed by atoms with Crippen molar-refractivity contribution in [2.24, 2.45) is 0 Å². The molecule has 1 amide bonds. The van der Waals surface area contributed by atoms with Crippen LogP contribution in [0.4, 0.5) is 4.79 Å². The Balaban J connectivity index is 1.57. The van der Waals surface area contributed by atoms with Crippen LogP contribution in [-0.2, 0) is 11.2 Å². The minimum absolute atomic E-state index is 0.0777. The van der Waals surface area contributed by atoms with Crippen molar-refractivity contribution in [2.75, 3.05) is 20.2 Å². The first-order chi connectivity index (χ1) is 16.6. The first kappa shape index (κ1) is 24.3. The van der Waals surface area contributed by atoms with Crippen molar-refractivity contribution in [3.63, 3.8) is 0 Å². The van der Waals surface area contributed by atoms with Crippen molar-refractivity contribution in [1.82, 2.24) is 9.27 Å². The smallest absolute Gasteiger partial charge is 0.409 e. The molecule has 2 heterocycles. The molecular formula is C28H34N2O3S. The molecule has 3 aromatic rings. The number of aromatic nitrogens is 1. The molecule has 5 nitrogen and oxygen atoms in total.